The van der Waals surface area contributed by atoms with Gasteiger partial charge < -0.3 is 10.2 Å². The van der Waals surface area contributed by atoms with Gasteiger partial charge in [-0.3, -0.25) is 0 Å². The number of hydrogen-bond acceptors (Lipinski definition) is 5. The molecule has 0 unspecified atom stereocenters. The smallest absolute Gasteiger partial charge is 0.161 e. The third-order valence-corrected chi connectivity index (χ3v) is 2.43. The molecule has 2 rings (SSSR count). The van der Waals surface area contributed by atoms with Crippen molar-refractivity contribution >= 4 is 5.82 Å². The van der Waals surface area contributed by atoms with E-state index in [1.54, 1.807) is 6.07 Å². The number of aryl methyl sites for hydroxylation is 1. The van der Waals surface area contributed by atoms with Gasteiger partial charge in [0, 0.05) is 17.3 Å². The molecule has 0 saturated carbocycles. The maximum Gasteiger partial charge on any atom is 0.161 e. The lowest BCUT2D eigenvalue weighted by atomic mass is 10.2. The van der Waals surface area contributed by atoms with Gasteiger partial charge in [0.2, 0.25) is 0 Å². The molecule has 0 atom stereocenters. The average Bonchev–Trinajstić information content (AvgIpc) is 2.39. The molecule has 1 aromatic heterocycles. The van der Waals surface area contributed by atoms with Crippen LogP contribution in [0.4, 0.5) is 5.82 Å². The lowest BCUT2D eigenvalue weighted by Crippen LogP contribution is -2.09. The molecule has 5 heteroatoms. The van der Waals surface area contributed by atoms with Gasteiger partial charge in [-0.15, -0.1) is 0 Å². The van der Waals surface area contributed by atoms with Gasteiger partial charge in [-0.05, 0) is 38.1 Å². The van der Waals surface area contributed by atoms with E-state index in [4.69, 9.17) is 10.6 Å². The first-order chi connectivity index (χ1) is 8.72. The monoisotopic (exact) mass is 244 g/mol. The second-order valence-electron chi connectivity index (χ2n) is 3.82. The molecule has 0 aliphatic rings. The fraction of sp³-hybridized carbons (Fsp3) is 0.231. The zero-order chi connectivity index (χ0) is 13.0. The van der Waals surface area contributed by atoms with Gasteiger partial charge in [0.05, 0.1) is 6.61 Å². The summed E-state index contributed by atoms with van der Waals surface area (Å²) in [5.74, 6) is 7.46. The van der Waals surface area contributed by atoms with Crippen molar-refractivity contribution in [2.24, 2.45) is 5.84 Å². The van der Waals surface area contributed by atoms with E-state index >= 15 is 0 Å². The number of nitrogens with two attached hydrogens (primary N) is 1. The summed E-state index contributed by atoms with van der Waals surface area (Å²) < 4.78 is 5.39. The van der Waals surface area contributed by atoms with Crippen LogP contribution >= 0.6 is 0 Å². The number of nitrogens with zero attached hydrogens (tertiary/aromatic N) is 2. The molecule has 94 valence electrons. The lowest BCUT2D eigenvalue weighted by Gasteiger charge is -2.06. The third-order valence-electron chi connectivity index (χ3n) is 2.43. The molecular weight excluding hydrogens is 228 g/mol. The van der Waals surface area contributed by atoms with Crippen LogP contribution in [0.1, 0.15) is 12.6 Å². The van der Waals surface area contributed by atoms with Crippen molar-refractivity contribution in [3.8, 4) is 17.1 Å². The highest BCUT2D eigenvalue weighted by Crippen LogP contribution is 2.20. The van der Waals surface area contributed by atoms with Crippen molar-refractivity contribution in [2.75, 3.05) is 12.0 Å². The number of hydrazine groups is 1. The summed E-state index contributed by atoms with van der Waals surface area (Å²) in [6.45, 7) is 4.51. The Morgan fingerprint density at radius 1 is 1.22 bits per heavy atom. The summed E-state index contributed by atoms with van der Waals surface area (Å²) in [5.41, 5.74) is 4.33. The van der Waals surface area contributed by atoms with Gasteiger partial charge in [0.25, 0.3) is 0 Å². The summed E-state index contributed by atoms with van der Waals surface area (Å²) in [6.07, 6.45) is 0. The summed E-state index contributed by atoms with van der Waals surface area (Å²) in [7, 11) is 0. The standard InChI is InChI=1S/C13H16N4O/c1-3-18-11-6-4-10(5-7-11)13-15-9(2)8-12(16-13)17-14/h4-8H,3,14H2,1-2H3,(H,15,16,17). The molecule has 0 bridgehead atoms. The van der Waals surface area contributed by atoms with E-state index in [1.807, 2.05) is 38.1 Å². The van der Waals surface area contributed by atoms with Crippen LogP contribution in [0.25, 0.3) is 11.4 Å². The van der Waals surface area contributed by atoms with Gasteiger partial charge in [-0.25, -0.2) is 15.8 Å². The maximum absolute atomic E-state index is 5.39. The Hall–Kier alpha value is -2.14. The van der Waals surface area contributed by atoms with Crippen LogP contribution in [0.2, 0.25) is 0 Å². The van der Waals surface area contributed by atoms with Gasteiger partial charge in [-0.2, -0.15) is 0 Å². The summed E-state index contributed by atoms with van der Waals surface area (Å²) >= 11 is 0. The van der Waals surface area contributed by atoms with Crippen molar-refractivity contribution < 1.29 is 4.74 Å². The fourth-order valence-electron chi connectivity index (χ4n) is 1.64. The van der Waals surface area contributed by atoms with Gasteiger partial charge in [0.15, 0.2) is 5.82 Å². The molecule has 0 aliphatic heterocycles. The number of anilines is 1. The summed E-state index contributed by atoms with van der Waals surface area (Å²) in [4.78, 5) is 8.69. The predicted octanol–water partition coefficient (Wildman–Crippen LogP) is 2.14. The van der Waals surface area contributed by atoms with Crippen molar-refractivity contribution in [3.63, 3.8) is 0 Å². The van der Waals surface area contributed by atoms with Crippen LogP contribution in [-0.2, 0) is 0 Å². The first-order valence-corrected chi connectivity index (χ1v) is 5.78. The normalized spacial score (nSPS) is 10.2. The van der Waals surface area contributed by atoms with E-state index in [-0.39, 0.29) is 0 Å². The second-order valence-corrected chi connectivity index (χ2v) is 3.82. The molecule has 0 fully saturated rings. The Balaban J connectivity index is 2.33. The number of nitrogens with one attached hydrogen (secondary N) is 1. The molecule has 18 heavy (non-hydrogen) atoms. The van der Waals surface area contributed by atoms with E-state index in [1.165, 1.54) is 0 Å². The molecule has 2 aromatic rings. The number of ether oxygens (including phenoxy) is 1. The molecule has 3 N–H and O–H groups in total. The molecule has 0 amide bonds. The lowest BCUT2D eigenvalue weighted by molar-refractivity contribution is 0.340. The zero-order valence-corrected chi connectivity index (χ0v) is 10.5. The van der Waals surface area contributed by atoms with E-state index in [9.17, 15) is 0 Å². The SMILES string of the molecule is CCOc1ccc(-c2nc(C)cc(NN)n2)cc1. The Bertz CT molecular complexity index is 525. The Kier molecular flexibility index (Phi) is 3.74. The molecule has 0 saturated heterocycles. The van der Waals surface area contributed by atoms with Gasteiger partial charge >= 0.3 is 0 Å². The van der Waals surface area contributed by atoms with Crippen LogP contribution in [0, 0.1) is 6.92 Å². The van der Waals surface area contributed by atoms with E-state index in [0.717, 1.165) is 17.0 Å². The van der Waals surface area contributed by atoms with Crippen LogP contribution in [0.3, 0.4) is 0 Å². The zero-order valence-electron chi connectivity index (χ0n) is 10.5. The minimum Gasteiger partial charge on any atom is -0.494 e. The number of benzene rings is 1. The molecule has 0 aliphatic carbocycles. The number of rotatable bonds is 4. The highest BCUT2D eigenvalue weighted by Gasteiger charge is 2.04. The largest absolute Gasteiger partial charge is 0.494 e. The second kappa shape index (κ2) is 5.46. The minimum atomic E-state index is 0.603. The number of aromatic nitrogens is 2. The van der Waals surface area contributed by atoms with Crippen molar-refractivity contribution in [1.82, 2.24) is 9.97 Å². The van der Waals surface area contributed by atoms with E-state index < -0.39 is 0 Å². The van der Waals surface area contributed by atoms with E-state index in [2.05, 4.69) is 15.4 Å². The molecule has 0 radical (unpaired) electrons. The number of nitrogen functional groups attached to an aromatic ring is 1. The highest BCUT2D eigenvalue weighted by molar-refractivity contribution is 5.58. The quantitative estimate of drug-likeness (QED) is 0.636. The Morgan fingerprint density at radius 3 is 2.56 bits per heavy atom. The summed E-state index contributed by atoms with van der Waals surface area (Å²) in [5, 5.41) is 0. The molecular formula is C13H16N4O. The first kappa shape index (κ1) is 12.3. The topological polar surface area (TPSA) is 73.1 Å². The van der Waals surface area contributed by atoms with Crippen LogP contribution in [-0.4, -0.2) is 16.6 Å². The third kappa shape index (κ3) is 2.75. The summed E-state index contributed by atoms with van der Waals surface area (Å²) in [6, 6.07) is 9.46. The van der Waals surface area contributed by atoms with Crippen LogP contribution in [0.5, 0.6) is 5.75 Å². The minimum absolute atomic E-state index is 0.603. The molecule has 1 aromatic carbocycles. The van der Waals surface area contributed by atoms with Crippen molar-refractivity contribution in [2.45, 2.75) is 13.8 Å². The van der Waals surface area contributed by atoms with E-state index in [0.29, 0.717) is 18.2 Å². The Morgan fingerprint density at radius 2 is 1.94 bits per heavy atom. The fourth-order valence-corrected chi connectivity index (χ4v) is 1.64. The average molecular weight is 244 g/mol. The molecule has 1 heterocycles. The number of hydrogen-bond donors (Lipinski definition) is 2. The van der Waals surface area contributed by atoms with Crippen molar-refractivity contribution in [3.05, 3.63) is 36.0 Å². The first-order valence-electron chi connectivity index (χ1n) is 5.78. The predicted molar refractivity (Wildman–Crippen MR) is 71.2 cm³/mol. The van der Waals surface area contributed by atoms with Crippen LogP contribution < -0.4 is 16.0 Å². The highest BCUT2D eigenvalue weighted by atomic mass is 16.5. The Labute approximate surface area is 106 Å². The maximum atomic E-state index is 5.39. The van der Waals surface area contributed by atoms with Crippen LogP contribution in [0.15, 0.2) is 30.3 Å². The van der Waals surface area contributed by atoms with Gasteiger partial charge in [-0.1, -0.05) is 0 Å². The van der Waals surface area contributed by atoms with Gasteiger partial charge in [0.1, 0.15) is 11.6 Å². The molecule has 0 spiro atoms. The van der Waals surface area contributed by atoms with Crippen molar-refractivity contribution in [1.29, 1.82) is 0 Å². The molecule has 5 nitrogen and oxygen atoms in total.